The number of aliphatic hydroxyl groups excluding tert-OH is 1. The van der Waals surface area contributed by atoms with E-state index in [1.54, 1.807) is 0 Å². The molecule has 170 valence electrons. The lowest BCUT2D eigenvalue weighted by Gasteiger charge is -2.39. The molecule has 5 heteroatoms. The van der Waals surface area contributed by atoms with Gasteiger partial charge in [0.2, 0.25) is 5.91 Å². The smallest absolute Gasteiger partial charge is 0.233 e. The van der Waals surface area contributed by atoms with E-state index in [1.165, 1.54) is 43.5 Å². The van der Waals surface area contributed by atoms with E-state index in [9.17, 15) is 9.90 Å². The van der Waals surface area contributed by atoms with Gasteiger partial charge in [-0.2, -0.15) is 0 Å². The summed E-state index contributed by atoms with van der Waals surface area (Å²) >= 11 is 0. The Bertz CT molecular complexity index is 809. The molecule has 5 nitrogen and oxygen atoms in total. The molecule has 31 heavy (non-hydrogen) atoms. The van der Waals surface area contributed by atoms with E-state index >= 15 is 0 Å². The van der Waals surface area contributed by atoms with Crippen LogP contribution in [0.3, 0.4) is 0 Å². The molecule has 0 radical (unpaired) electrons. The lowest BCUT2D eigenvalue weighted by molar-refractivity contribution is -0.128. The molecule has 0 bridgehead atoms. The van der Waals surface area contributed by atoms with Gasteiger partial charge in [-0.1, -0.05) is 0 Å². The third kappa shape index (κ3) is 3.89. The summed E-state index contributed by atoms with van der Waals surface area (Å²) in [6, 6.07) is 8.20. The summed E-state index contributed by atoms with van der Waals surface area (Å²) < 4.78 is 0. The number of carbonyl (C=O) groups is 1. The maximum Gasteiger partial charge on any atom is 0.233 e. The van der Waals surface area contributed by atoms with Gasteiger partial charge in [0.25, 0.3) is 0 Å². The fourth-order valence-electron chi connectivity index (χ4n) is 6.76. The number of hydrogen-bond donors (Lipinski definition) is 1. The Morgan fingerprint density at radius 3 is 2.35 bits per heavy atom. The molecule has 0 unspecified atom stereocenters. The largest absolute Gasteiger partial charge is 0.393 e. The highest BCUT2D eigenvalue weighted by atomic mass is 16.3. The number of piperidine rings is 1. The molecular formula is C26H39N3O2. The molecule has 1 amide bonds. The van der Waals surface area contributed by atoms with Crippen LogP contribution in [0, 0.1) is 12.3 Å². The molecule has 4 aliphatic rings. The number of benzene rings is 1. The van der Waals surface area contributed by atoms with Crippen molar-refractivity contribution >= 4 is 17.3 Å². The van der Waals surface area contributed by atoms with Crippen LogP contribution in [0.2, 0.25) is 0 Å². The summed E-state index contributed by atoms with van der Waals surface area (Å²) in [7, 11) is 0. The van der Waals surface area contributed by atoms with E-state index in [0.29, 0.717) is 0 Å². The second kappa shape index (κ2) is 8.40. The van der Waals surface area contributed by atoms with E-state index in [0.717, 1.165) is 69.5 Å². The number of rotatable bonds is 3. The lowest BCUT2D eigenvalue weighted by atomic mass is 9.72. The molecule has 3 aliphatic heterocycles. The first-order chi connectivity index (χ1) is 15.0. The highest BCUT2D eigenvalue weighted by Crippen LogP contribution is 2.46. The van der Waals surface area contributed by atoms with Crippen LogP contribution < -0.4 is 9.80 Å². The molecule has 1 aliphatic carbocycles. The number of likely N-dealkylation sites (tertiary alicyclic amines) is 1. The van der Waals surface area contributed by atoms with Crippen molar-refractivity contribution in [2.75, 3.05) is 36.0 Å². The van der Waals surface area contributed by atoms with Gasteiger partial charge in [0.15, 0.2) is 0 Å². The van der Waals surface area contributed by atoms with Crippen molar-refractivity contribution in [3.05, 3.63) is 23.8 Å². The van der Waals surface area contributed by atoms with Gasteiger partial charge < -0.3 is 14.9 Å². The minimum atomic E-state index is -0.223. The molecule has 1 atom stereocenters. The predicted octanol–water partition coefficient (Wildman–Crippen LogP) is 4.11. The topological polar surface area (TPSA) is 47.0 Å². The van der Waals surface area contributed by atoms with E-state index in [-0.39, 0.29) is 17.4 Å². The van der Waals surface area contributed by atoms with Crippen LogP contribution in [0.1, 0.15) is 70.3 Å². The van der Waals surface area contributed by atoms with Crippen LogP contribution in [0.25, 0.3) is 0 Å². The van der Waals surface area contributed by atoms with Crippen LogP contribution >= 0.6 is 0 Å². The van der Waals surface area contributed by atoms with Gasteiger partial charge in [-0.05, 0) is 102 Å². The molecule has 1 spiro atoms. The summed E-state index contributed by atoms with van der Waals surface area (Å²) in [5.74, 6) is 0.288. The van der Waals surface area contributed by atoms with E-state index in [2.05, 4.69) is 41.8 Å². The second-order valence-corrected chi connectivity index (χ2v) is 10.6. The number of hydrogen-bond acceptors (Lipinski definition) is 4. The number of anilines is 2. The van der Waals surface area contributed by atoms with Crippen LogP contribution in [0.5, 0.6) is 0 Å². The average Bonchev–Trinajstić information content (AvgIpc) is 3.34. The Morgan fingerprint density at radius 1 is 0.968 bits per heavy atom. The van der Waals surface area contributed by atoms with Crippen molar-refractivity contribution in [3.8, 4) is 0 Å². The first-order valence-corrected chi connectivity index (χ1v) is 12.6. The number of carbonyl (C=O) groups excluding carboxylic acids is 1. The summed E-state index contributed by atoms with van der Waals surface area (Å²) in [6.07, 6.45) is 9.16. The van der Waals surface area contributed by atoms with Gasteiger partial charge in [0.05, 0.1) is 11.5 Å². The Balaban J connectivity index is 1.24. The van der Waals surface area contributed by atoms with E-state index < -0.39 is 0 Å². The zero-order chi connectivity index (χ0) is 21.6. The summed E-state index contributed by atoms with van der Waals surface area (Å²) in [4.78, 5) is 20.6. The number of nitrogens with zero attached hydrogens (tertiary/aromatic N) is 3. The zero-order valence-electron chi connectivity index (χ0n) is 19.4. The van der Waals surface area contributed by atoms with Crippen LogP contribution in [0.4, 0.5) is 11.4 Å². The van der Waals surface area contributed by atoms with Crippen molar-refractivity contribution in [2.45, 2.75) is 89.8 Å². The highest BCUT2D eigenvalue weighted by molar-refractivity contribution is 6.00. The van der Waals surface area contributed by atoms with Crippen LogP contribution in [-0.2, 0) is 4.79 Å². The van der Waals surface area contributed by atoms with Crippen LogP contribution in [-0.4, -0.2) is 60.3 Å². The molecular weight excluding hydrogens is 386 g/mol. The molecule has 5 rings (SSSR count). The van der Waals surface area contributed by atoms with Crippen molar-refractivity contribution < 1.29 is 9.90 Å². The normalized spacial score (nSPS) is 33.1. The zero-order valence-corrected chi connectivity index (χ0v) is 19.4. The molecule has 1 aromatic carbocycles. The fourth-order valence-corrected chi connectivity index (χ4v) is 6.76. The molecule has 0 aromatic heterocycles. The molecule has 3 saturated heterocycles. The van der Waals surface area contributed by atoms with Gasteiger partial charge in [0.1, 0.15) is 0 Å². The summed E-state index contributed by atoms with van der Waals surface area (Å²) in [5.41, 5.74) is 3.36. The van der Waals surface area contributed by atoms with Crippen LogP contribution in [0.15, 0.2) is 18.2 Å². The Hall–Kier alpha value is -1.59. The van der Waals surface area contributed by atoms with Crippen molar-refractivity contribution in [1.82, 2.24) is 4.90 Å². The minimum absolute atomic E-state index is 0.216. The second-order valence-electron chi connectivity index (χ2n) is 10.6. The van der Waals surface area contributed by atoms with Gasteiger partial charge in [-0.15, -0.1) is 0 Å². The lowest BCUT2D eigenvalue weighted by Crippen LogP contribution is -2.46. The molecule has 1 aromatic rings. The van der Waals surface area contributed by atoms with Gasteiger partial charge in [0, 0.05) is 43.1 Å². The Labute approximate surface area is 187 Å². The fraction of sp³-hybridized carbons (Fsp3) is 0.731. The van der Waals surface area contributed by atoms with Gasteiger partial charge in [-0.25, -0.2) is 0 Å². The molecule has 3 heterocycles. The van der Waals surface area contributed by atoms with Gasteiger partial charge >= 0.3 is 0 Å². The van der Waals surface area contributed by atoms with Crippen molar-refractivity contribution in [1.29, 1.82) is 0 Å². The monoisotopic (exact) mass is 425 g/mol. The summed E-state index contributed by atoms with van der Waals surface area (Å²) in [6.45, 7) is 8.89. The predicted molar refractivity (Wildman–Crippen MR) is 126 cm³/mol. The maximum atomic E-state index is 13.3. The van der Waals surface area contributed by atoms with Crippen molar-refractivity contribution in [3.63, 3.8) is 0 Å². The minimum Gasteiger partial charge on any atom is -0.393 e. The molecule has 1 saturated carbocycles. The average molecular weight is 426 g/mol. The Kier molecular flexibility index (Phi) is 5.76. The van der Waals surface area contributed by atoms with Gasteiger partial charge in [-0.3, -0.25) is 9.69 Å². The third-order valence-electron chi connectivity index (χ3n) is 8.80. The highest BCUT2D eigenvalue weighted by Gasteiger charge is 2.48. The number of aryl methyl sites for hydroxylation is 1. The van der Waals surface area contributed by atoms with E-state index in [4.69, 9.17) is 0 Å². The molecule has 4 fully saturated rings. The van der Waals surface area contributed by atoms with E-state index in [1.807, 2.05) is 4.90 Å². The first kappa shape index (κ1) is 21.3. The quantitative estimate of drug-likeness (QED) is 0.792. The summed E-state index contributed by atoms with van der Waals surface area (Å²) in [5, 5.41) is 9.88. The Morgan fingerprint density at radius 2 is 1.71 bits per heavy atom. The standard InChI is InChI=1S/C26H39N3O2/c1-19-18-22(27-15-9-21(10-16-27)28-14-3-4-20(28)2)5-6-24(19)29-17-13-26(25(29)31)11-7-23(30)8-12-26/h5-6,18,20-21,23,30H,3-4,7-17H2,1-2H3/t20-,23?,26?/m0/s1. The number of amides is 1. The number of aliphatic hydroxyl groups is 1. The first-order valence-electron chi connectivity index (χ1n) is 12.6. The third-order valence-corrected chi connectivity index (χ3v) is 8.80. The maximum absolute atomic E-state index is 13.3. The SMILES string of the molecule is Cc1cc(N2CCC(N3CCC[C@@H]3C)CC2)ccc1N1CCC2(CCC(O)CC2)C1=O. The molecule has 1 N–H and O–H groups in total. The van der Waals surface area contributed by atoms with Crippen molar-refractivity contribution in [2.24, 2.45) is 5.41 Å².